The summed E-state index contributed by atoms with van der Waals surface area (Å²) in [5.41, 5.74) is -0.631. The third-order valence-corrected chi connectivity index (χ3v) is 6.40. The smallest absolute Gasteiger partial charge is 0.269 e. The van der Waals surface area contributed by atoms with Crippen LogP contribution in [-0.2, 0) is 14.4 Å². The number of hydrogen-bond acceptors (Lipinski definition) is 6. The Morgan fingerprint density at radius 3 is 1.89 bits per heavy atom. The van der Waals surface area contributed by atoms with Crippen LogP contribution in [0.3, 0.4) is 0 Å². The van der Waals surface area contributed by atoms with Crippen LogP contribution in [-0.4, -0.2) is 33.2 Å². The molecule has 0 bridgehead atoms. The van der Waals surface area contributed by atoms with Crippen molar-refractivity contribution in [3.8, 4) is 0 Å². The predicted octanol–water partition coefficient (Wildman–Crippen LogP) is 3.91. The van der Waals surface area contributed by atoms with Gasteiger partial charge in [0.25, 0.3) is 5.69 Å². The number of ketones is 1. The van der Waals surface area contributed by atoms with Gasteiger partial charge in [0.05, 0.1) is 16.4 Å². The summed E-state index contributed by atoms with van der Waals surface area (Å²) in [6.07, 6.45) is -0.407. The maximum absolute atomic E-state index is 13.6. The highest BCUT2D eigenvalue weighted by Gasteiger charge is 2.55. The van der Waals surface area contributed by atoms with Crippen LogP contribution in [0.2, 0.25) is 0 Å². The Labute approximate surface area is 207 Å². The lowest BCUT2D eigenvalue weighted by atomic mass is 9.61. The second kappa shape index (κ2) is 10.1. The van der Waals surface area contributed by atoms with E-state index in [0.29, 0.717) is 16.9 Å². The van der Waals surface area contributed by atoms with Gasteiger partial charge in [-0.3, -0.25) is 24.5 Å². The molecule has 4 rings (SSSR count). The Hall–Kier alpha value is -4.37. The molecule has 3 N–H and O–H groups in total. The molecule has 9 heteroatoms. The van der Waals surface area contributed by atoms with E-state index in [9.17, 15) is 29.6 Å². The summed E-state index contributed by atoms with van der Waals surface area (Å²) >= 11 is 0. The molecular formula is C27H25N3O6. The minimum atomic E-state index is -1.77. The molecule has 0 spiro atoms. The van der Waals surface area contributed by atoms with Crippen LogP contribution in [0.5, 0.6) is 0 Å². The molecule has 1 saturated carbocycles. The van der Waals surface area contributed by atoms with Crippen LogP contribution in [0, 0.1) is 22.0 Å². The van der Waals surface area contributed by atoms with Crippen LogP contribution in [0.15, 0.2) is 84.9 Å². The maximum Gasteiger partial charge on any atom is 0.269 e. The van der Waals surface area contributed by atoms with Gasteiger partial charge in [0.1, 0.15) is 11.7 Å². The zero-order valence-corrected chi connectivity index (χ0v) is 19.5. The molecule has 0 aliphatic heterocycles. The van der Waals surface area contributed by atoms with Crippen LogP contribution >= 0.6 is 0 Å². The van der Waals surface area contributed by atoms with Crippen molar-refractivity contribution in [3.05, 3.63) is 101 Å². The average Bonchev–Trinajstić information content (AvgIpc) is 2.84. The SMILES string of the molecule is CC1(O)CC(=O)C(C(=O)Nc2ccccc2)C(c2ccc([N+](=O)[O-])cc2)C1C(=O)Nc1ccccc1. The number of para-hydroxylation sites is 2. The minimum Gasteiger partial charge on any atom is -0.389 e. The van der Waals surface area contributed by atoms with E-state index in [1.165, 1.54) is 31.2 Å². The molecule has 0 saturated heterocycles. The normalized spacial score (nSPS) is 23.5. The third-order valence-electron chi connectivity index (χ3n) is 6.40. The number of nitrogens with zero attached hydrogens (tertiary/aromatic N) is 1. The van der Waals surface area contributed by atoms with Gasteiger partial charge >= 0.3 is 0 Å². The number of anilines is 2. The first-order chi connectivity index (χ1) is 17.2. The molecule has 0 aromatic heterocycles. The van der Waals surface area contributed by atoms with Gasteiger partial charge in [-0.2, -0.15) is 0 Å². The summed E-state index contributed by atoms with van der Waals surface area (Å²) in [5, 5.41) is 28.0. The molecule has 1 aliphatic carbocycles. The van der Waals surface area contributed by atoms with Gasteiger partial charge in [-0.1, -0.05) is 48.5 Å². The lowest BCUT2D eigenvalue weighted by molar-refractivity contribution is -0.384. The van der Waals surface area contributed by atoms with Crippen molar-refractivity contribution in [3.63, 3.8) is 0 Å². The number of nitro benzene ring substituents is 1. The fourth-order valence-electron chi connectivity index (χ4n) is 4.79. The molecule has 0 radical (unpaired) electrons. The second-order valence-corrected chi connectivity index (χ2v) is 9.04. The topological polar surface area (TPSA) is 139 Å². The highest BCUT2D eigenvalue weighted by atomic mass is 16.6. The third kappa shape index (κ3) is 5.16. The van der Waals surface area contributed by atoms with E-state index in [-0.39, 0.29) is 5.69 Å². The largest absolute Gasteiger partial charge is 0.389 e. The van der Waals surface area contributed by atoms with E-state index < -0.39 is 52.3 Å². The summed E-state index contributed by atoms with van der Waals surface area (Å²) in [6, 6.07) is 22.5. The Kier molecular flexibility index (Phi) is 6.93. The van der Waals surface area contributed by atoms with E-state index in [1.807, 2.05) is 0 Å². The van der Waals surface area contributed by atoms with E-state index in [2.05, 4.69) is 10.6 Å². The summed E-state index contributed by atoms with van der Waals surface area (Å²) in [6.45, 7) is 1.39. The number of nitro groups is 1. The minimum absolute atomic E-state index is 0.178. The lowest BCUT2D eigenvalue weighted by Gasteiger charge is -2.44. The van der Waals surface area contributed by atoms with E-state index >= 15 is 0 Å². The molecule has 3 aromatic rings. The number of amides is 2. The van der Waals surface area contributed by atoms with E-state index in [0.717, 1.165) is 0 Å². The van der Waals surface area contributed by atoms with Crippen LogP contribution in [0.1, 0.15) is 24.8 Å². The molecular weight excluding hydrogens is 462 g/mol. The number of hydrogen-bond donors (Lipinski definition) is 3. The number of Topliss-reactive ketones (excluding diaryl/α,β-unsaturated/α-hetero) is 1. The molecule has 4 atom stereocenters. The van der Waals surface area contributed by atoms with Crippen molar-refractivity contribution in [2.45, 2.75) is 24.9 Å². The first-order valence-corrected chi connectivity index (χ1v) is 11.4. The maximum atomic E-state index is 13.6. The molecule has 4 unspecified atom stereocenters. The standard InChI is InChI=1S/C27H25N3O6/c1-27(34)16-21(31)23(25(32)28-18-8-4-2-5-9-18)22(17-12-14-20(15-13-17)30(35)36)24(27)26(33)29-19-10-6-3-7-11-19/h2-15,22-24,34H,16H2,1H3,(H,28,32)(H,29,33). The van der Waals surface area contributed by atoms with Crippen molar-refractivity contribution >= 4 is 34.7 Å². The van der Waals surface area contributed by atoms with Gasteiger partial charge in [-0.05, 0) is 36.8 Å². The monoisotopic (exact) mass is 487 g/mol. The van der Waals surface area contributed by atoms with E-state index in [1.54, 1.807) is 60.7 Å². The predicted molar refractivity (Wildman–Crippen MR) is 133 cm³/mol. The average molecular weight is 488 g/mol. The first kappa shape index (κ1) is 24.7. The first-order valence-electron chi connectivity index (χ1n) is 11.4. The number of aliphatic hydroxyl groups is 1. The number of nitrogens with one attached hydrogen (secondary N) is 2. The molecule has 1 aliphatic rings. The Bertz CT molecular complexity index is 1280. The van der Waals surface area contributed by atoms with Crippen molar-refractivity contribution < 1.29 is 24.4 Å². The van der Waals surface area contributed by atoms with Gasteiger partial charge in [0.15, 0.2) is 0 Å². The van der Waals surface area contributed by atoms with Gasteiger partial charge in [-0.25, -0.2) is 0 Å². The molecule has 1 fully saturated rings. The Morgan fingerprint density at radius 1 is 0.889 bits per heavy atom. The van der Waals surface area contributed by atoms with Gasteiger partial charge in [0, 0.05) is 35.8 Å². The summed E-state index contributed by atoms with van der Waals surface area (Å²) in [5.74, 6) is -5.31. The second-order valence-electron chi connectivity index (χ2n) is 9.04. The Balaban J connectivity index is 1.78. The summed E-state index contributed by atoms with van der Waals surface area (Å²) < 4.78 is 0. The zero-order chi connectivity index (χ0) is 25.9. The fourth-order valence-corrected chi connectivity index (χ4v) is 4.79. The molecule has 184 valence electrons. The number of carbonyl (C=O) groups is 3. The van der Waals surface area contributed by atoms with Gasteiger partial charge in [-0.15, -0.1) is 0 Å². The molecule has 2 amide bonds. The van der Waals surface area contributed by atoms with Crippen molar-refractivity contribution in [1.82, 2.24) is 0 Å². The summed E-state index contributed by atoms with van der Waals surface area (Å²) in [7, 11) is 0. The zero-order valence-electron chi connectivity index (χ0n) is 19.5. The highest BCUT2D eigenvalue weighted by Crippen LogP contribution is 2.46. The highest BCUT2D eigenvalue weighted by molar-refractivity contribution is 6.10. The molecule has 9 nitrogen and oxygen atoms in total. The number of rotatable bonds is 6. The molecule has 36 heavy (non-hydrogen) atoms. The van der Waals surface area contributed by atoms with Crippen molar-refractivity contribution in [1.29, 1.82) is 0 Å². The molecule has 0 heterocycles. The number of benzene rings is 3. The van der Waals surface area contributed by atoms with Crippen LogP contribution in [0.4, 0.5) is 17.1 Å². The van der Waals surface area contributed by atoms with Crippen molar-refractivity contribution in [2.24, 2.45) is 11.8 Å². The summed E-state index contributed by atoms with van der Waals surface area (Å²) in [4.78, 5) is 50.9. The van der Waals surface area contributed by atoms with Gasteiger partial charge < -0.3 is 15.7 Å². The van der Waals surface area contributed by atoms with Gasteiger partial charge in [0.2, 0.25) is 11.8 Å². The lowest BCUT2D eigenvalue weighted by Crippen LogP contribution is -2.56. The Morgan fingerprint density at radius 2 is 1.39 bits per heavy atom. The quantitative estimate of drug-likeness (QED) is 0.274. The number of carbonyl (C=O) groups excluding carboxylic acids is 3. The fraction of sp³-hybridized carbons (Fsp3) is 0.222. The van der Waals surface area contributed by atoms with Crippen LogP contribution < -0.4 is 10.6 Å². The van der Waals surface area contributed by atoms with E-state index in [4.69, 9.17) is 0 Å². The number of non-ortho nitro benzene ring substituents is 1. The molecule has 3 aromatic carbocycles. The van der Waals surface area contributed by atoms with Crippen molar-refractivity contribution in [2.75, 3.05) is 10.6 Å². The van der Waals surface area contributed by atoms with Crippen LogP contribution in [0.25, 0.3) is 0 Å².